The van der Waals surface area contributed by atoms with Crippen LogP contribution in [0.25, 0.3) is 0 Å². The third-order valence-electron chi connectivity index (χ3n) is 4.80. The molecule has 1 fully saturated rings. The van der Waals surface area contributed by atoms with E-state index in [2.05, 4.69) is 22.2 Å². The summed E-state index contributed by atoms with van der Waals surface area (Å²) in [5, 5.41) is 7.39. The molecule has 1 aromatic rings. The summed E-state index contributed by atoms with van der Waals surface area (Å²) in [4.78, 5) is 14.5. The topological polar surface area (TPSA) is 84.3 Å². The predicted octanol–water partition coefficient (Wildman–Crippen LogP) is 0.550. The number of amides is 1. The smallest absolute Gasteiger partial charge is 0.224 e. The molecule has 1 saturated heterocycles. The number of nitrogens with one attached hydrogen (secondary N) is 1. The van der Waals surface area contributed by atoms with Gasteiger partial charge in [-0.2, -0.15) is 5.10 Å². The highest BCUT2D eigenvalue weighted by molar-refractivity contribution is 7.91. The summed E-state index contributed by atoms with van der Waals surface area (Å²) in [6, 6.07) is 2.05. The average Bonchev–Trinajstić information content (AvgIpc) is 3.12. The second-order valence-electron chi connectivity index (χ2n) is 6.80. The van der Waals surface area contributed by atoms with Crippen LogP contribution in [0.2, 0.25) is 0 Å². The van der Waals surface area contributed by atoms with Gasteiger partial charge in [0.15, 0.2) is 9.84 Å². The van der Waals surface area contributed by atoms with Crippen LogP contribution in [0.1, 0.15) is 37.6 Å². The Hall–Kier alpha value is -1.41. The summed E-state index contributed by atoms with van der Waals surface area (Å²) in [6.45, 7) is 6.48. The van der Waals surface area contributed by atoms with Crippen molar-refractivity contribution in [2.45, 2.75) is 45.8 Å². The maximum absolute atomic E-state index is 12.1. The summed E-state index contributed by atoms with van der Waals surface area (Å²) in [5.74, 6) is -0.481. The number of fused-ring (bicyclic) bond motifs is 1. The average molecular weight is 354 g/mol. The van der Waals surface area contributed by atoms with Crippen molar-refractivity contribution in [3.8, 4) is 0 Å². The van der Waals surface area contributed by atoms with E-state index in [9.17, 15) is 13.2 Å². The molecular weight excluding hydrogens is 328 g/mol. The standard InChI is InChI=1S/C16H26N4O3S/c1-2-3-5-19-6-7-20-15(11-19)9-14(18-20)10-17-16(21)13-4-8-24(22,23)12-13/h9,13H,2-8,10-12H2,1H3,(H,17,21)/t13-/m1/s1. The van der Waals surface area contributed by atoms with Gasteiger partial charge in [-0.15, -0.1) is 0 Å². The van der Waals surface area contributed by atoms with Crippen molar-refractivity contribution in [3.63, 3.8) is 0 Å². The van der Waals surface area contributed by atoms with Crippen LogP contribution in [0.15, 0.2) is 6.07 Å². The Balaban J connectivity index is 1.52. The summed E-state index contributed by atoms with van der Waals surface area (Å²) in [5.41, 5.74) is 2.03. The van der Waals surface area contributed by atoms with Crippen LogP contribution < -0.4 is 5.32 Å². The highest BCUT2D eigenvalue weighted by Crippen LogP contribution is 2.19. The molecule has 1 atom stereocenters. The minimum Gasteiger partial charge on any atom is -0.350 e. The zero-order valence-corrected chi connectivity index (χ0v) is 15.0. The van der Waals surface area contributed by atoms with Gasteiger partial charge >= 0.3 is 0 Å². The van der Waals surface area contributed by atoms with E-state index in [-0.39, 0.29) is 17.4 Å². The molecule has 7 nitrogen and oxygen atoms in total. The number of rotatable bonds is 6. The second kappa shape index (κ2) is 7.23. The van der Waals surface area contributed by atoms with Crippen molar-refractivity contribution in [1.29, 1.82) is 0 Å². The monoisotopic (exact) mass is 354 g/mol. The number of sulfone groups is 1. The predicted molar refractivity (Wildman–Crippen MR) is 91.0 cm³/mol. The molecule has 0 saturated carbocycles. The molecule has 1 amide bonds. The van der Waals surface area contributed by atoms with Gasteiger partial charge in [-0.3, -0.25) is 14.4 Å². The number of nitrogens with zero attached hydrogens (tertiary/aromatic N) is 3. The minimum atomic E-state index is -3.03. The lowest BCUT2D eigenvalue weighted by Crippen LogP contribution is -2.34. The largest absolute Gasteiger partial charge is 0.350 e. The molecule has 3 rings (SSSR count). The van der Waals surface area contributed by atoms with Crippen molar-refractivity contribution in [3.05, 3.63) is 17.5 Å². The van der Waals surface area contributed by atoms with Crippen LogP contribution in [0.5, 0.6) is 0 Å². The quantitative estimate of drug-likeness (QED) is 0.806. The summed E-state index contributed by atoms with van der Waals surface area (Å²) >= 11 is 0. The first kappa shape index (κ1) is 17.4. The first-order chi connectivity index (χ1) is 11.5. The Morgan fingerprint density at radius 3 is 2.96 bits per heavy atom. The maximum atomic E-state index is 12.1. The van der Waals surface area contributed by atoms with Crippen LogP contribution in [-0.4, -0.2) is 53.6 Å². The third kappa shape index (κ3) is 4.16. The van der Waals surface area contributed by atoms with E-state index in [0.29, 0.717) is 13.0 Å². The van der Waals surface area contributed by atoms with Gasteiger partial charge in [0.1, 0.15) is 0 Å². The van der Waals surface area contributed by atoms with E-state index < -0.39 is 15.8 Å². The summed E-state index contributed by atoms with van der Waals surface area (Å²) in [7, 11) is -3.03. The fourth-order valence-electron chi connectivity index (χ4n) is 3.36. The molecule has 0 bridgehead atoms. The molecule has 0 unspecified atom stereocenters. The Morgan fingerprint density at radius 2 is 2.25 bits per heavy atom. The van der Waals surface area contributed by atoms with E-state index in [4.69, 9.17) is 0 Å². The Bertz CT molecular complexity index is 698. The SMILES string of the molecule is CCCCN1CCn2nc(CNC(=O)[C@@H]3CCS(=O)(=O)C3)cc2C1. The van der Waals surface area contributed by atoms with Gasteiger partial charge in [0.2, 0.25) is 5.91 Å². The molecule has 2 aliphatic heterocycles. The lowest BCUT2D eigenvalue weighted by atomic mass is 10.1. The molecule has 134 valence electrons. The van der Waals surface area contributed by atoms with Gasteiger partial charge in [0.25, 0.3) is 0 Å². The fourth-order valence-corrected chi connectivity index (χ4v) is 5.10. The summed E-state index contributed by atoms with van der Waals surface area (Å²) in [6.07, 6.45) is 2.84. The van der Waals surface area contributed by atoms with Crippen molar-refractivity contribution in [1.82, 2.24) is 20.0 Å². The molecule has 2 aliphatic rings. The second-order valence-corrected chi connectivity index (χ2v) is 9.03. The van der Waals surface area contributed by atoms with E-state index in [0.717, 1.165) is 31.9 Å². The number of unbranched alkanes of at least 4 members (excludes halogenated alkanes) is 1. The van der Waals surface area contributed by atoms with Gasteiger partial charge < -0.3 is 5.32 Å². The Morgan fingerprint density at radius 1 is 1.42 bits per heavy atom. The molecule has 0 aromatic carbocycles. The zero-order chi connectivity index (χ0) is 17.2. The van der Waals surface area contributed by atoms with Crippen LogP contribution in [-0.2, 0) is 34.3 Å². The van der Waals surface area contributed by atoms with Crippen LogP contribution in [0.4, 0.5) is 0 Å². The first-order valence-electron chi connectivity index (χ1n) is 8.73. The highest BCUT2D eigenvalue weighted by atomic mass is 32.2. The van der Waals surface area contributed by atoms with Gasteiger partial charge in [-0.25, -0.2) is 8.42 Å². The number of carbonyl (C=O) groups is 1. The fraction of sp³-hybridized carbons (Fsp3) is 0.750. The van der Waals surface area contributed by atoms with E-state index in [1.165, 1.54) is 18.5 Å². The Labute approximate surface area is 143 Å². The molecule has 8 heteroatoms. The highest BCUT2D eigenvalue weighted by Gasteiger charge is 2.32. The van der Waals surface area contributed by atoms with Gasteiger partial charge in [-0.1, -0.05) is 13.3 Å². The van der Waals surface area contributed by atoms with Crippen LogP contribution in [0.3, 0.4) is 0 Å². The molecule has 1 aromatic heterocycles. The molecule has 3 heterocycles. The van der Waals surface area contributed by atoms with E-state index in [1.807, 2.05) is 10.7 Å². The third-order valence-corrected chi connectivity index (χ3v) is 6.57. The lowest BCUT2D eigenvalue weighted by Gasteiger charge is -2.27. The first-order valence-corrected chi connectivity index (χ1v) is 10.5. The molecule has 0 aliphatic carbocycles. The summed E-state index contributed by atoms with van der Waals surface area (Å²) < 4.78 is 24.9. The molecule has 0 radical (unpaired) electrons. The maximum Gasteiger partial charge on any atom is 0.224 e. The van der Waals surface area contributed by atoms with Crippen molar-refractivity contribution < 1.29 is 13.2 Å². The molecule has 1 N–H and O–H groups in total. The molecule has 24 heavy (non-hydrogen) atoms. The zero-order valence-electron chi connectivity index (χ0n) is 14.2. The number of carbonyl (C=O) groups excluding carboxylic acids is 1. The molecular formula is C16H26N4O3S. The van der Waals surface area contributed by atoms with Gasteiger partial charge in [-0.05, 0) is 25.5 Å². The lowest BCUT2D eigenvalue weighted by molar-refractivity contribution is -0.124. The van der Waals surface area contributed by atoms with E-state index >= 15 is 0 Å². The van der Waals surface area contributed by atoms with Crippen LogP contribution in [0, 0.1) is 5.92 Å². The van der Waals surface area contributed by atoms with Crippen molar-refractivity contribution in [2.75, 3.05) is 24.6 Å². The van der Waals surface area contributed by atoms with E-state index in [1.54, 1.807) is 0 Å². The minimum absolute atomic E-state index is 0.0229. The number of hydrogen-bond donors (Lipinski definition) is 1. The van der Waals surface area contributed by atoms with Crippen molar-refractivity contribution in [2.24, 2.45) is 5.92 Å². The number of hydrogen-bond acceptors (Lipinski definition) is 5. The number of aromatic nitrogens is 2. The van der Waals surface area contributed by atoms with Crippen LogP contribution >= 0.6 is 0 Å². The molecule has 0 spiro atoms. The van der Waals surface area contributed by atoms with Crippen molar-refractivity contribution >= 4 is 15.7 Å². The normalized spacial score (nSPS) is 23.1. The van der Waals surface area contributed by atoms with Gasteiger partial charge in [0, 0.05) is 13.1 Å². The van der Waals surface area contributed by atoms with Gasteiger partial charge in [0.05, 0.1) is 41.9 Å². The Kier molecular flexibility index (Phi) is 5.24.